The van der Waals surface area contributed by atoms with E-state index >= 15 is 0 Å². The van der Waals surface area contributed by atoms with Crippen LogP contribution in [0.4, 0.5) is 4.79 Å². The average molecular weight is 488 g/mol. The van der Waals surface area contributed by atoms with E-state index in [2.05, 4.69) is 26.8 Å². The number of hydrogen-bond donors (Lipinski definition) is 2. The highest BCUT2D eigenvalue weighted by Gasteiger charge is 2.77. The Balaban J connectivity index is 1.50. The van der Waals surface area contributed by atoms with E-state index in [1.807, 2.05) is 26.8 Å². The van der Waals surface area contributed by atoms with Gasteiger partial charge in [0.1, 0.15) is 11.7 Å². The zero-order valence-corrected chi connectivity index (χ0v) is 22.1. The first-order valence-electron chi connectivity index (χ1n) is 13.3. The fourth-order valence-corrected chi connectivity index (χ4v) is 8.40. The minimum absolute atomic E-state index is 0.0381. The molecule has 3 saturated carbocycles. The summed E-state index contributed by atoms with van der Waals surface area (Å²) in [6, 6.07) is 0.195. The summed E-state index contributed by atoms with van der Waals surface area (Å²) in [7, 11) is 1.76. The number of fused-ring (bicyclic) bond motifs is 5. The fourth-order valence-electron chi connectivity index (χ4n) is 8.40. The van der Waals surface area contributed by atoms with Crippen molar-refractivity contribution in [1.29, 1.82) is 0 Å². The van der Waals surface area contributed by atoms with Crippen LogP contribution in [0.3, 0.4) is 0 Å². The fraction of sp³-hybridized carbons (Fsp3) is 0.821. The molecule has 6 rings (SSSR count). The maximum absolute atomic E-state index is 13.2. The van der Waals surface area contributed by atoms with E-state index in [-0.39, 0.29) is 23.3 Å². The average Bonchev–Trinajstić information content (AvgIpc) is 3.68. The number of ether oxygens (including phenoxy) is 3. The second-order valence-electron chi connectivity index (χ2n) is 13.3. The highest BCUT2D eigenvalue weighted by Crippen LogP contribution is 2.73. The predicted octanol–water partition coefficient (Wildman–Crippen LogP) is 3.64. The summed E-state index contributed by atoms with van der Waals surface area (Å²) < 4.78 is 18.7. The lowest BCUT2D eigenvalue weighted by molar-refractivity contribution is -0.312. The molecule has 0 aromatic carbocycles. The van der Waals surface area contributed by atoms with Gasteiger partial charge in [0, 0.05) is 19.0 Å². The van der Waals surface area contributed by atoms with Crippen LogP contribution in [-0.2, 0) is 14.2 Å². The smallest absolute Gasteiger partial charge is 0.410 e. The molecule has 1 heterocycles. The molecule has 6 aliphatic rings. The molecule has 7 nitrogen and oxygen atoms in total. The highest BCUT2D eigenvalue weighted by molar-refractivity contribution is 5.69. The lowest BCUT2D eigenvalue weighted by atomic mass is 9.58. The van der Waals surface area contributed by atoms with E-state index in [1.54, 1.807) is 11.9 Å². The topological polar surface area (TPSA) is 88.5 Å². The minimum atomic E-state index is -1.65. The molecular weight excluding hydrogens is 446 g/mol. The first-order valence-corrected chi connectivity index (χ1v) is 13.3. The van der Waals surface area contributed by atoms with E-state index < -0.39 is 41.2 Å². The SMILES string of the molecule is CC1=C[C@]23C(O)[C@@H](C=C4COC(C)(C)O[C@H]4[C@]2(O)[C@H]1OC(=O)N(C)C1CC1)[C@H]1[C@@H](C[C@H]3C)C1(C)C. The number of hydrogen-bond acceptors (Lipinski definition) is 6. The summed E-state index contributed by atoms with van der Waals surface area (Å²) in [4.78, 5) is 14.8. The summed E-state index contributed by atoms with van der Waals surface area (Å²) in [5.41, 5.74) is -0.919. The van der Waals surface area contributed by atoms with Crippen molar-refractivity contribution in [2.24, 2.45) is 34.5 Å². The monoisotopic (exact) mass is 487 g/mol. The van der Waals surface area contributed by atoms with E-state index in [9.17, 15) is 15.0 Å². The van der Waals surface area contributed by atoms with Gasteiger partial charge in [0.05, 0.1) is 18.1 Å². The second-order valence-corrected chi connectivity index (χ2v) is 13.3. The normalized spacial score (nSPS) is 48.8. The van der Waals surface area contributed by atoms with Crippen molar-refractivity contribution in [1.82, 2.24) is 4.90 Å². The molecule has 2 N–H and O–H groups in total. The summed E-state index contributed by atoms with van der Waals surface area (Å²) in [5.74, 6) is -0.302. The summed E-state index contributed by atoms with van der Waals surface area (Å²) in [5, 5.41) is 25.2. The van der Waals surface area contributed by atoms with Crippen molar-refractivity contribution in [2.45, 2.75) is 96.5 Å². The Morgan fingerprint density at radius 1 is 1.23 bits per heavy atom. The molecule has 1 aliphatic heterocycles. The van der Waals surface area contributed by atoms with Gasteiger partial charge < -0.3 is 29.3 Å². The lowest BCUT2D eigenvalue weighted by Gasteiger charge is -2.55. The first-order chi connectivity index (χ1) is 16.3. The van der Waals surface area contributed by atoms with Crippen LogP contribution in [0.2, 0.25) is 0 Å². The van der Waals surface area contributed by atoms with Gasteiger partial charge >= 0.3 is 6.09 Å². The number of nitrogens with zero attached hydrogens (tertiary/aromatic N) is 1. The molecule has 194 valence electrons. The molecule has 1 unspecified atom stereocenters. The van der Waals surface area contributed by atoms with Gasteiger partial charge in [0.15, 0.2) is 11.9 Å². The third-order valence-corrected chi connectivity index (χ3v) is 10.5. The Morgan fingerprint density at radius 3 is 2.57 bits per heavy atom. The molecule has 1 saturated heterocycles. The molecule has 9 atom stereocenters. The van der Waals surface area contributed by atoms with Gasteiger partial charge in [-0.1, -0.05) is 32.9 Å². The Hall–Kier alpha value is -1.41. The number of carbonyl (C=O) groups is 1. The van der Waals surface area contributed by atoms with Crippen molar-refractivity contribution in [3.8, 4) is 0 Å². The van der Waals surface area contributed by atoms with Gasteiger partial charge in [-0.25, -0.2) is 4.79 Å². The van der Waals surface area contributed by atoms with Crippen molar-refractivity contribution >= 4 is 6.09 Å². The first kappa shape index (κ1) is 24.0. The van der Waals surface area contributed by atoms with Crippen LogP contribution >= 0.6 is 0 Å². The van der Waals surface area contributed by atoms with Crippen LogP contribution in [-0.4, -0.2) is 70.6 Å². The quantitative estimate of drug-likeness (QED) is 0.578. The molecule has 0 aromatic rings. The molecular formula is C28H41NO6. The summed E-state index contributed by atoms with van der Waals surface area (Å²) in [6.45, 7) is 12.6. The third-order valence-electron chi connectivity index (χ3n) is 10.5. The zero-order valence-electron chi connectivity index (χ0n) is 22.1. The van der Waals surface area contributed by atoms with Gasteiger partial charge in [0.25, 0.3) is 0 Å². The van der Waals surface area contributed by atoms with Gasteiger partial charge in [-0.2, -0.15) is 0 Å². The van der Waals surface area contributed by atoms with Crippen LogP contribution in [0, 0.1) is 34.5 Å². The second kappa shape index (κ2) is 7.12. The van der Waals surface area contributed by atoms with Crippen LogP contribution in [0.5, 0.6) is 0 Å². The summed E-state index contributed by atoms with van der Waals surface area (Å²) >= 11 is 0. The molecule has 5 aliphatic carbocycles. The minimum Gasteiger partial charge on any atom is -0.438 e. The van der Waals surface area contributed by atoms with Crippen LogP contribution in [0.15, 0.2) is 23.3 Å². The number of aliphatic hydroxyl groups is 2. The van der Waals surface area contributed by atoms with E-state index in [4.69, 9.17) is 14.2 Å². The van der Waals surface area contributed by atoms with Crippen molar-refractivity contribution in [3.05, 3.63) is 23.3 Å². The molecule has 0 aromatic heterocycles. The molecule has 1 spiro atoms. The maximum Gasteiger partial charge on any atom is 0.410 e. The van der Waals surface area contributed by atoms with E-state index in [0.717, 1.165) is 30.4 Å². The molecule has 4 fully saturated rings. The zero-order chi connectivity index (χ0) is 25.3. The Kier molecular flexibility index (Phi) is 4.87. The number of rotatable bonds is 2. The standard InChI is InChI=1S/C28H41NO6/c1-14-12-27-15(2)10-19-20(25(19,3)4)18(21(27)30)11-16-13-33-26(5,6)35-23(16)28(27,32)22(14)34-24(31)29(7)17-8-9-17/h11-12,15,17-23,30,32H,8-10,13H2,1-7H3/t15-,18+,19-,20+,21?,22+,23-,27+,28-/m1/s1. The van der Waals surface area contributed by atoms with Gasteiger partial charge in [-0.15, -0.1) is 0 Å². The van der Waals surface area contributed by atoms with Crippen molar-refractivity contribution < 1.29 is 29.2 Å². The van der Waals surface area contributed by atoms with E-state index in [0.29, 0.717) is 18.4 Å². The van der Waals surface area contributed by atoms with Crippen LogP contribution in [0.25, 0.3) is 0 Å². The largest absolute Gasteiger partial charge is 0.438 e. The number of amides is 1. The van der Waals surface area contributed by atoms with Crippen molar-refractivity contribution in [3.63, 3.8) is 0 Å². The Morgan fingerprint density at radius 2 is 1.91 bits per heavy atom. The Labute approximate surface area is 208 Å². The number of aliphatic hydroxyl groups excluding tert-OH is 1. The highest BCUT2D eigenvalue weighted by atomic mass is 16.7. The number of carbonyl (C=O) groups excluding carboxylic acids is 1. The van der Waals surface area contributed by atoms with E-state index in [1.165, 1.54) is 0 Å². The van der Waals surface area contributed by atoms with Gasteiger partial charge in [-0.05, 0) is 74.3 Å². The summed E-state index contributed by atoms with van der Waals surface area (Å²) in [6.07, 6.45) is 4.06. The lowest BCUT2D eigenvalue weighted by Crippen LogP contribution is -2.69. The maximum atomic E-state index is 13.2. The Bertz CT molecular complexity index is 1010. The van der Waals surface area contributed by atoms with Gasteiger partial charge in [0.2, 0.25) is 0 Å². The molecule has 0 radical (unpaired) electrons. The third kappa shape index (κ3) is 3.01. The van der Waals surface area contributed by atoms with Gasteiger partial charge in [-0.3, -0.25) is 0 Å². The van der Waals surface area contributed by atoms with Crippen molar-refractivity contribution in [2.75, 3.05) is 13.7 Å². The van der Waals surface area contributed by atoms with Crippen LogP contribution < -0.4 is 0 Å². The van der Waals surface area contributed by atoms with Crippen LogP contribution in [0.1, 0.15) is 60.8 Å². The molecule has 2 bridgehead atoms. The molecule has 7 heteroatoms. The molecule has 35 heavy (non-hydrogen) atoms. The predicted molar refractivity (Wildman–Crippen MR) is 129 cm³/mol. The molecule has 1 amide bonds.